The molecule has 0 aliphatic heterocycles. The molecule has 0 fully saturated rings. The van der Waals surface area contributed by atoms with Gasteiger partial charge in [0.25, 0.3) is 0 Å². The summed E-state index contributed by atoms with van der Waals surface area (Å²) in [5.41, 5.74) is 6.55. The van der Waals surface area contributed by atoms with Crippen LogP contribution >= 0.6 is 11.8 Å². The van der Waals surface area contributed by atoms with Crippen molar-refractivity contribution in [1.29, 1.82) is 0 Å². The van der Waals surface area contributed by atoms with Crippen molar-refractivity contribution in [3.8, 4) is 22.4 Å². The topological polar surface area (TPSA) is 20.9 Å². The molecule has 2 nitrogen and oxygen atoms in total. The van der Waals surface area contributed by atoms with Crippen molar-refractivity contribution in [2.75, 3.05) is 5.75 Å². The smallest absolute Gasteiger partial charge is 0.241 e. The zero-order chi connectivity index (χ0) is 23.9. The monoisotopic (exact) mass is 472 g/mol. The van der Waals surface area contributed by atoms with E-state index in [-0.39, 0.29) is 5.78 Å². The van der Waals surface area contributed by atoms with E-state index in [1.165, 1.54) is 5.56 Å². The maximum absolute atomic E-state index is 13.0. The van der Waals surface area contributed by atoms with Crippen molar-refractivity contribution in [2.24, 2.45) is 0 Å². The fraction of sp³-hybridized carbons (Fsp3) is 0.0625. The first kappa shape index (κ1) is 22.8. The average Bonchev–Trinajstić information content (AvgIpc) is 2.94. The van der Waals surface area contributed by atoms with Crippen LogP contribution < -0.4 is 4.57 Å². The third-order valence-corrected chi connectivity index (χ3v) is 6.98. The molecule has 170 valence electrons. The Labute approximate surface area is 210 Å². The molecule has 5 rings (SSSR count). The van der Waals surface area contributed by atoms with Crippen LogP contribution in [0.5, 0.6) is 0 Å². The first-order valence-corrected chi connectivity index (χ1v) is 12.7. The van der Waals surface area contributed by atoms with Crippen LogP contribution in [0.1, 0.15) is 15.9 Å². The van der Waals surface area contributed by atoms with Crippen LogP contribution in [-0.2, 0) is 6.54 Å². The summed E-state index contributed by atoms with van der Waals surface area (Å²) in [5, 5.41) is 1.07. The lowest BCUT2D eigenvalue weighted by Crippen LogP contribution is -2.39. The quantitative estimate of drug-likeness (QED) is 0.134. The molecule has 1 aromatic heterocycles. The van der Waals surface area contributed by atoms with Gasteiger partial charge >= 0.3 is 0 Å². The molecule has 0 unspecified atom stereocenters. The molecule has 4 aromatic carbocycles. The summed E-state index contributed by atoms with van der Waals surface area (Å²) in [6.07, 6.45) is 0. The molecule has 0 radical (unpaired) electrons. The molecule has 0 atom stereocenters. The first-order valence-electron chi connectivity index (χ1n) is 11.7. The molecule has 35 heavy (non-hydrogen) atoms. The summed E-state index contributed by atoms with van der Waals surface area (Å²) >= 11 is 1.60. The second-order valence-electron chi connectivity index (χ2n) is 8.35. The number of nitrogens with zero attached hydrogens (tertiary/aromatic N) is 1. The standard InChI is InChI=1S/C32H26NOS/c34-31(28-19-11-4-12-20-28)24-35-32-22-29(26-15-7-2-8-16-26)21-30(27-17-9-3-10-18-27)33(32)23-25-13-5-1-6-14-25/h1-22H,23-24H2/q+1. The van der Waals surface area contributed by atoms with Gasteiger partial charge in [0.1, 0.15) is 0 Å². The van der Waals surface area contributed by atoms with Crippen LogP contribution in [0.4, 0.5) is 0 Å². The number of rotatable bonds is 8. The Kier molecular flexibility index (Phi) is 7.16. The fourth-order valence-electron chi connectivity index (χ4n) is 4.14. The Morgan fingerprint density at radius 2 is 1.14 bits per heavy atom. The first-order chi connectivity index (χ1) is 17.3. The minimum atomic E-state index is 0.133. The highest BCUT2D eigenvalue weighted by Gasteiger charge is 2.23. The van der Waals surface area contributed by atoms with E-state index in [4.69, 9.17) is 0 Å². The number of carbonyl (C=O) groups excluding carboxylic acids is 1. The lowest BCUT2D eigenvalue weighted by atomic mass is 10.0. The molecule has 3 heteroatoms. The molecule has 0 aliphatic carbocycles. The van der Waals surface area contributed by atoms with Crippen molar-refractivity contribution >= 4 is 17.5 Å². The van der Waals surface area contributed by atoms with Gasteiger partial charge in [-0.15, -0.1) is 0 Å². The number of hydrogen-bond donors (Lipinski definition) is 0. The molecule has 5 aromatic rings. The summed E-state index contributed by atoms with van der Waals surface area (Å²) in [4.78, 5) is 13.0. The Bertz CT molecular complexity index is 1400. The lowest BCUT2D eigenvalue weighted by molar-refractivity contribution is -0.714. The number of Topliss-reactive ketones (excluding diaryl/α,β-unsaturated/α-hetero) is 1. The summed E-state index contributed by atoms with van der Waals surface area (Å²) in [6, 6.07) is 45.4. The maximum Gasteiger partial charge on any atom is 0.241 e. The van der Waals surface area contributed by atoms with Crippen LogP contribution in [0.15, 0.2) is 138 Å². The number of benzene rings is 4. The number of ketones is 1. The zero-order valence-electron chi connectivity index (χ0n) is 19.4. The highest BCUT2D eigenvalue weighted by atomic mass is 32.2. The summed E-state index contributed by atoms with van der Waals surface area (Å²) in [6.45, 7) is 0.724. The summed E-state index contributed by atoms with van der Waals surface area (Å²) < 4.78 is 2.33. The highest BCUT2D eigenvalue weighted by Crippen LogP contribution is 2.29. The largest absolute Gasteiger partial charge is 0.293 e. The van der Waals surface area contributed by atoms with Gasteiger partial charge in [0, 0.05) is 28.8 Å². The van der Waals surface area contributed by atoms with Gasteiger partial charge in [-0.2, -0.15) is 4.57 Å². The SMILES string of the molecule is O=C(CSc1cc(-c2ccccc2)cc(-c2ccccc2)[n+]1Cc1ccccc1)c1ccccc1. The Morgan fingerprint density at radius 3 is 1.77 bits per heavy atom. The Morgan fingerprint density at radius 1 is 0.600 bits per heavy atom. The maximum atomic E-state index is 13.0. The highest BCUT2D eigenvalue weighted by molar-refractivity contribution is 7.99. The minimum absolute atomic E-state index is 0.133. The predicted molar refractivity (Wildman–Crippen MR) is 145 cm³/mol. The molecule has 0 N–H and O–H groups in total. The van der Waals surface area contributed by atoms with Crippen molar-refractivity contribution in [3.63, 3.8) is 0 Å². The summed E-state index contributed by atoms with van der Waals surface area (Å²) in [7, 11) is 0. The molecular weight excluding hydrogens is 446 g/mol. The minimum Gasteiger partial charge on any atom is -0.293 e. The van der Waals surface area contributed by atoms with Crippen molar-refractivity contribution in [1.82, 2.24) is 0 Å². The molecular formula is C32H26NOS+. The number of carbonyl (C=O) groups is 1. The van der Waals surface area contributed by atoms with Crippen LogP contribution in [0, 0.1) is 0 Å². The van der Waals surface area contributed by atoms with Crippen LogP contribution in [0.3, 0.4) is 0 Å². The van der Waals surface area contributed by atoms with E-state index in [2.05, 4.69) is 89.5 Å². The Hall–Kier alpha value is -3.95. The molecule has 0 bridgehead atoms. The number of aromatic nitrogens is 1. The van der Waals surface area contributed by atoms with Crippen LogP contribution in [0.25, 0.3) is 22.4 Å². The van der Waals surface area contributed by atoms with Gasteiger partial charge in [0.05, 0.1) is 5.75 Å². The van der Waals surface area contributed by atoms with Crippen molar-refractivity contribution in [2.45, 2.75) is 11.6 Å². The molecule has 0 saturated carbocycles. The van der Waals surface area contributed by atoms with E-state index in [0.717, 1.165) is 39.5 Å². The van der Waals surface area contributed by atoms with Gasteiger partial charge < -0.3 is 0 Å². The van der Waals surface area contributed by atoms with Gasteiger partial charge in [-0.05, 0) is 35.0 Å². The lowest BCUT2D eigenvalue weighted by Gasteiger charge is -2.12. The molecule has 0 aliphatic rings. The van der Waals surface area contributed by atoms with E-state index >= 15 is 0 Å². The van der Waals surface area contributed by atoms with Gasteiger partial charge in [-0.1, -0.05) is 109 Å². The van der Waals surface area contributed by atoms with E-state index in [0.29, 0.717) is 5.75 Å². The fourth-order valence-corrected chi connectivity index (χ4v) is 5.11. The summed E-state index contributed by atoms with van der Waals surface area (Å²) in [5.74, 6) is 0.513. The van der Waals surface area contributed by atoms with E-state index < -0.39 is 0 Å². The van der Waals surface area contributed by atoms with Crippen LogP contribution in [0.2, 0.25) is 0 Å². The van der Waals surface area contributed by atoms with Crippen molar-refractivity contribution < 1.29 is 9.36 Å². The molecule has 0 spiro atoms. The van der Waals surface area contributed by atoms with E-state index in [9.17, 15) is 4.79 Å². The van der Waals surface area contributed by atoms with Gasteiger partial charge in [0.15, 0.2) is 12.3 Å². The average molecular weight is 473 g/mol. The van der Waals surface area contributed by atoms with Crippen molar-refractivity contribution in [3.05, 3.63) is 145 Å². The normalized spacial score (nSPS) is 10.7. The molecule has 0 amide bonds. The van der Waals surface area contributed by atoms with E-state index in [1.54, 1.807) is 11.8 Å². The number of hydrogen-bond acceptors (Lipinski definition) is 2. The van der Waals surface area contributed by atoms with Gasteiger partial charge in [0.2, 0.25) is 10.7 Å². The molecule has 1 heterocycles. The van der Waals surface area contributed by atoms with Gasteiger partial charge in [-0.3, -0.25) is 4.79 Å². The third-order valence-electron chi connectivity index (χ3n) is 5.94. The van der Waals surface area contributed by atoms with E-state index in [1.807, 2.05) is 48.5 Å². The third kappa shape index (κ3) is 5.59. The Balaban J connectivity index is 1.62. The van der Waals surface area contributed by atoms with Gasteiger partial charge in [-0.25, -0.2) is 0 Å². The molecule has 0 saturated heterocycles. The second kappa shape index (κ2) is 11.0. The predicted octanol–water partition coefficient (Wildman–Crippen LogP) is 7.33. The second-order valence-corrected chi connectivity index (χ2v) is 9.34. The van der Waals surface area contributed by atoms with Crippen LogP contribution in [-0.4, -0.2) is 11.5 Å². The number of thioether (sulfide) groups is 1. The number of pyridine rings is 1. The zero-order valence-corrected chi connectivity index (χ0v) is 20.2.